The van der Waals surface area contributed by atoms with E-state index in [9.17, 15) is 9.59 Å². The van der Waals surface area contributed by atoms with Crippen molar-refractivity contribution in [2.45, 2.75) is 44.2 Å². The molecule has 2 saturated carbocycles. The zero-order chi connectivity index (χ0) is 26.8. The number of hydrogen-bond acceptors (Lipinski definition) is 7. The maximum Gasteiger partial charge on any atom is 0.297 e. The summed E-state index contributed by atoms with van der Waals surface area (Å²) in [5, 5.41) is 9.87. The molecule has 3 aliphatic rings. The fourth-order valence-corrected chi connectivity index (χ4v) is 5.21. The molecule has 2 aromatic carbocycles. The van der Waals surface area contributed by atoms with Gasteiger partial charge in [0, 0.05) is 62.3 Å². The van der Waals surface area contributed by atoms with E-state index in [4.69, 9.17) is 4.74 Å². The molecule has 0 bridgehead atoms. The first-order valence-corrected chi connectivity index (χ1v) is 14.0. The third kappa shape index (κ3) is 5.69. The molecule has 0 radical (unpaired) electrons. The lowest BCUT2D eigenvalue weighted by molar-refractivity contribution is 0.0951. The van der Waals surface area contributed by atoms with Crippen molar-refractivity contribution in [2.75, 3.05) is 44.6 Å². The van der Waals surface area contributed by atoms with E-state index in [0.717, 1.165) is 75.3 Å². The smallest absolute Gasteiger partial charge is 0.297 e. The van der Waals surface area contributed by atoms with Crippen LogP contribution in [-0.4, -0.2) is 65.7 Å². The molecule has 3 fully saturated rings. The van der Waals surface area contributed by atoms with E-state index in [1.165, 1.54) is 0 Å². The largest absolute Gasteiger partial charge is 0.492 e. The molecule has 1 aliphatic heterocycles. The highest BCUT2D eigenvalue weighted by atomic mass is 16.5. The number of aryl methyl sites for hydroxylation is 1. The van der Waals surface area contributed by atoms with Gasteiger partial charge in [-0.1, -0.05) is 24.3 Å². The molecule has 3 N–H and O–H groups in total. The van der Waals surface area contributed by atoms with Crippen LogP contribution in [-0.2, 0) is 5.54 Å². The monoisotopic (exact) mass is 528 g/mol. The number of nitrogens with one attached hydrogen (secondary N) is 3. The Morgan fingerprint density at radius 3 is 2.72 bits per heavy atom. The third-order valence-electron chi connectivity index (χ3n) is 7.87. The highest BCUT2D eigenvalue weighted by Crippen LogP contribution is 2.50. The number of para-hydroxylation sites is 1. The lowest BCUT2D eigenvalue weighted by atomic mass is 10.0. The molecule has 6 rings (SSSR count). The number of carbonyl (C=O) groups is 1. The van der Waals surface area contributed by atoms with E-state index in [0.29, 0.717) is 17.9 Å². The Balaban J connectivity index is 1.21. The highest BCUT2D eigenvalue weighted by molar-refractivity contribution is 5.95. The molecule has 0 atom stereocenters. The van der Waals surface area contributed by atoms with Crippen LogP contribution in [0.2, 0.25) is 0 Å². The first kappa shape index (κ1) is 25.6. The van der Waals surface area contributed by atoms with Gasteiger partial charge in [0.25, 0.3) is 11.5 Å². The standard InChI is InChI=1S/C30H36N6O3/c1-21-6-7-22(28(37)33-23-8-9-23)20-25(21)36-17-14-32-27(29(36)38)34-30(10-11-30)24-4-2-3-5-26(24)39-19-18-35-15-12-31-13-16-35/h2-7,14,17,20,23,31H,8-13,15-16,18-19H2,1H3,(H,32,34)(H,33,37). The zero-order valence-electron chi connectivity index (χ0n) is 22.4. The Bertz CT molecular complexity index is 1410. The quantitative estimate of drug-likeness (QED) is 0.372. The number of nitrogens with zero attached hydrogens (tertiary/aromatic N) is 3. The predicted octanol–water partition coefficient (Wildman–Crippen LogP) is 2.82. The fraction of sp³-hybridized carbons (Fsp3) is 0.433. The van der Waals surface area contributed by atoms with Crippen LogP contribution in [0.4, 0.5) is 5.82 Å². The second-order valence-corrected chi connectivity index (χ2v) is 10.8. The van der Waals surface area contributed by atoms with Crippen LogP contribution >= 0.6 is 0 Å². The van der Waals surface area contributed by atoms with E-state index in [1.807, 2.05) is 31.2 Å². The lowest BCUT2D eigenvalue weighted by Gasteiger charge is -2.27. The fourth-order valence-electron chi connectivity index (χ4n) is 5.21. The molecule has 204 valence electrons. The SMILES string of the molecule is Cc1ccc(C(=O)NC2CC2)cc1-n1ccnc(NC2(c3ccccc3OCCN3CCNCC3)CC2)c1=O. The average molecular weight is 529 g/mol. The van der Waals surface area contributed by atoms with Crippen LogP contribution in [0.1, 0.15) is 47.2 Å². The van der Waals surface area contributed by atoms with Gasteiger partial charge in [-0.2, -0.15) is 0 Å². The van der Waals surface area contributed by atoms with Gasteiger partial charge >= 0.3 is 0 Å². The number of amides is 1. The normalized spacial score (nSPS) is 18.4. The van der Waals surface area contributed by atoms with Gasteiger partial charge in [-0.15, -0.1) is 0 Å². The first-order valence-electron chi connectivity index (χ1n) is 14.0. The van der Waals surface area contributed by atoms with Gasteiger partial charge in [0.2, 0.25) is 0 Å². The molecule has 39 heavy (non-hydrogen) atoms. The van der Waals surface area contributed by atoms with Crippen LogP contribution in [0.15, 0.2) is 59.7 Å². The van der Waals surface area contributed by atoms with Crippen molar-refractivity contribution in [2.24, 2.45) is 0 Å². The van der Waals surface area contributed by atoms with Gasteiger partial charge in [-0.3, -0.25) is 19.1 Å². The number of carbonyl (C=O) groups excluding carboxylic acids is 1. The lowest BCUT2D eigenvalue weighted by Crippen LogP contribution is -2.44. The van der Waals surface area contributed by atoms with Crippen molar-refractivity contribution in [3.8, 4) is 11.4 Å². The molecule has 0 spiro atoms. The summed E-state index contributed by atoms with van der Waals surface area (Å²) in [6.07, 6.45) is 7.11. The van der Waals surface area contributed by atoms with Crippen LogP contribution in [0.5, 0.6) is 5.75 Å². The number of benzene rings is 2. The minimum atomic E-state index is -0.391. The number of aromatic nitrogens is 2. The van der Waals surface area contributed by atoms with Crippen molar-refractivity contribution in [1.82, 2.24) is 25.1 Å². The number of piperazine rings is 1. The average Bonchev–Trinajstić information content (AvgIpc) is 3.89. The number of hydrogen-bond donors (Lipinski definition) is 3. The molecule has 1 amide bonds. The van der Waals surface area contributed by atoms with E-state index in [1.54, 1.807) is 29.1 Å². The molecule has 1 aromatic heterocycles. The van der Waals surface area contributed by atoms with Gasteiger partial charge in [0.1, 0.15) is 12.4 Å². The topological polar surface area (TPSA) is 101 Å². The van der Waals surface area contributed by atoms with Crippen molar-refractivity contribution < 1.29 is 9.53 Å². The molecule has 0 unspecified atom stereocenters. The van der Waals surface area contributed by atoms with Crippen LogP contribution in [0.25, 0.3) is 5.69 Å². The molecule has 1 saturated heterocycles. The molecule has 9 heteroatoms. The summed E-state index contributed by atoms with van der Waals surface area (Å²) in [5.41, 5.74) is 2.54. The number of anilines is 1. The van der Waals surface area contributed by atoms with E-state index >= 15 is 0 Å². The second-order valence-electron chi connectivity index (χ2n) is 10.8. The zero-order valence-corrected chi connectivity index (χ0v) is 22.4. The van der Waals surface area contributed by atoms with Crippen LogP contribution in [0, 0.1) is 6.92 Å². The third-order valence-corrected chi connectivity index (χ3v) is 7.87. The predicted molar refractivity (Wildman–Crippen MR) is 151 cm³/mol. The number of rotatable bonds is 10. The van der Waals surface area contributed by atoms with Gasteiger partial charge in [-0.05, 0) is 56.4 Å². The van der Waals surface area contributed by atoms with E-state index in [2.05, 4.69) is 31.9 Å². The molecule has 9 nitrogen and oxygen atoms in total. The summed E-state index contributed by atoms with van der Waals surface area (Å²) >= 11 is 0. The summed E-state index contributed by atoms with van der Waals surface area (Å²) in [7, 11) is 0. The number of ether oxygens (including phenoxy) is 1. The minimum absolute atomic E-state index is 0.107. The Kier molecular flexibility index (Phi) is 7.10. The summed E-state index contributed by atoms with van der Waals surface area (Å²) in [6, 6.07) is 13.8. The first-order chi connectivity index (χ1) is 19.0. The molecular weight excluding hydrogens is 492 g/mol. The molecular formula is C30H36N6O3. The van der Waals surface area contributed by atoms with E-state index < -0.39 is 5.54 Å². The Morgan fingerprint density at radius 2 is 1.95 bits per heavy atom. The van der Waals surface area contributed by atoms with Crippen molar-refractivity contribution in [3.05, 3.63) is 81.9 Å². The van der Waals surface area contributed by atoms with Gasteiger partial charge in [0.15, 0.2) is 5.82 Å². The van der Waals surface area contributed by atoms with Crippen molar-refractivity contribution in [1.29, 1.82) is 0 Å². The van der Waals surface area contributed by atoms with Crippen molar-refractivity contribution >= 4 is 11.7 Å². The second kappa shape index (κ2) is 10.8. The van der Waals surface area contributed by atoms with Crippen molar-refractivity contribution in [3.63, 3.8) is 0 Å². The maximum absolute atomic E-state index is 13.7. The van der Waals surface area contributed by atoms with Gasteiger partial charge in [-0.25, -0.2) is 4.98 Å². The molecule has 2 aliphatic carbocycles. The van der Waals surface area contributed by atoms with E-state index in [-0.39, 0.29) is 23.3 Å². The Labute approximate surface area is 228 Å². The summed E-state index contributed by atoms with van der Waals surface area (Å²) < 4.78 is 7.84. The maximum atomic E-state index is 13.7. The Hall–Kier alpha value is -3.69. The summed E-state index contributed by atoms with van der Waals surface area (Å²) in [5.74, 6) is 1.03. The van der Waals surface area contributed by atoms with Gasteiger partial charge < -0.3 is 20.7 Å². The highest BCUT2D eigenvalue weighted by Gasteiger charge is 2.47. The summed E-state index contributed by atoms with van der Waals surface area (Å²) in [6.45, 7) is 7.55. The summed E-state index contributed by atoms with van der Waals surface area (Å²) in [4.78, 5) is 33.1. The molecule has 3 aromatic rings. The minimum Gasteiger partial charge on any atom is -0.492 e. The molecule has 2 heterocycles. The van der Waals surface area contributed by atoms with Gasteiger partial charge in [0.05, 0.1) is 11.2 Å². The Morgan fingerprint density at radius 1 is 1.15 bits per heavy atom. The van der Waals surface area contributed by atoms with Crippen LogP contribution < -0.4 is 26.2 Å². The van der Waals surface area contributed by atoms with Crippen LogP contribution in [0.3, 0.4) is 0 Å².